The minimum absolute atomic E-state index is 0. The van der Waals surface area contributed by atoms with E-state index in [9.17, 15) is 0 Å². The monoisotopic (exact) mass is 105 g/mol. The molecule has 0 spiro atoms. The van der Waals surface area contributed by atoms with E-state index in [-0.39, 0.29) is 29.6 Å². The molecular formula is C4H9BNNa. The summed E-state index contributed by atoms with van der Waals surface area (Å²) in [6, 6.07) is 0. The molecule has 0 atom stereocenters. The summed E-state index contributed by atoms with van der Waals surface area (Å²) in [5, 5.41) is 8.18. The third-order valence-corrected chi connectivity index (χ3v) is 0.387. The van der Waals surface area contributed by atoms with Gasteiger partial charge in [0.05, 0.1) is 6.15 Å². The van der Waals surface area contributed by atoms with Crippen LogP contribution >= 0.6 is 0 Å². The van der Waals surface area contributed by atoms with Gasteiger partial charge >= 0.3 is 29.6 Å². The Bertz CT molecular complexity index is 78.7. The SMILES string of the molecule is C[B-](C)(C)C#N.[Na+]. The van der Waals surface area contributed by atoms with Gasteiger partial charge in [0.2, 0.25) is 0 Å². The van der Waals surface area contributed by atoms with Crippen LogP contribution in [0.5, 0.6) is 0 Å². The molecule has 1 nitrogen and oxygen atoms in total. The number of nitriles is 1. The van der Waals surface area contributed by atoms with Crippen molar-refractivity contribution in [3.05, 3.63) is 0 Å². The molecule has 0 aliphatic carbocycles. The third kappa shape index (κ3) is 10.8. The molecule has 7 heavy (non-hydrogen) atoms. The van der Waals surface area contributed by atoms with Gasteiger partial charge in [-0.2, -0.15) is 26.4 Å². The zero-order valence-corrected chi connectivity index (χ0v) is 7.52. The van der Waals surface area contributed by atoms with Gasteiger partial charge in [-0.1, -0.05) is 0 Å². The second-order valence-corrected chi connectivity index (χ2v) is 2.73. The van der Waals surface area contributed by atoms with E-state index >= 15 is 0 Å². The van der Waals surface area contributed by atoms with Crippen LogP contribution in [0.1, 0.15) is 0 Å². The van der Waals surface area contributed by atoms with E-state index in [0.717, 1.165) is 0 Å². The molecule has 0 N–H and O–H groups in total. The van der Waals surface area contributed by atoms with Gasteiger partial charge in [0.1, 0.15) is 0 Å². The van der Waals surface area contributed by atoms with Crippen molar-refractivity contribution in [1.82, 2.24) is 0 Å². The zero-order chi connectivity index (χ0) is 5.21. The summed E-state index contributed by atoms with van der Waals surface area (Å²) in [5.74, 6) is 2.17. The van der Waals surface area contributed by atoms with E-state index in [0.29, 0.717) is 0 Å². The van der Waals surface area contributed by atoms with E-state index in [1.807, 2.05) is 20.5 Å². The quantitative estimate of drug-likeness (QED) is 0.340. The maximum Gasteiger partial charge on any atom is 1.00 e. The fourth-order valence-corrected chi connectivity index (χ4v) is 0. The molecule has 0 amide bonds. The van der Waals surface area contributed by atoms with Crippen LogP contribution in [0.3, 0.4) is 0 Å². The second-order valence-electron chi connectivity index (χ2n) is 2.73. The summed E-state index contributed by atoms with van der Waals surface area (Å²) >= 11 is 0. The van der Waals surface area contributed by atoms with Crippen molar-refractivity contribution in [2.75, 3.05) is 0 Å². The van der Waals surface area contributed by atoms with Crippen LogP contribution < -0.4 is 29.6 Å². The Balaban J connectivity index is 0. The molecule has 0 saturated heterocycles. The molecule has 0 aliphatic heterocycles. The summed E-state index contributed by atoms with van der Waals surface area (Å²) in [6.07, 6.45) is -0.681. The van der Waals surface area contributed by atoms with Gasteiger partial charge in [-0.05, 0) is 0 Å². The molecule has 0 aromatic heterocycles. The summed E-state index contributed by atoms with van der Waals surface area (Å²) < 4.78 is 0. The van der Waals surface area contributed by atoms with E-state index in [4.69, 9.17) is 5.26 Å². The first-order chi connectivity index (χ1) is 2.56. The van der Waals surface area contributed by atoms with Crippen LogP contribution in [-0.4, -0.2) is 6.15 Å². The topological polar surface area (TPSA) is 23.8 Å². The van der Waals surface area contributed by atoms with Gasteiger partial charge in [0.25, 0.3) is 0 Å². The predicted molar refractivity (Wildman–Crippen MR) is 29.0 cm³/mol. The van der Waals surface area contributed by atoms with E-state index in [1.165, 1.54) is 0 Å². The van der Waals surface area contributed by atoms with Gasteiger partial charge in [-0.3, -0.25) is 0 Å². The van der Waals surface area contributed by atoms with Crippen LogP contribution in [0.25, 0.3) is 0 Å². The van der Waals surface area contributed by atoms with Crippen LogP contribution in [0.2, 0.25) is 20.5 Å². The second kappa shape index (κ2) is 3.54. The van der Waals surface area contributed by atoms with Crippen molar-refractivity contribution in [3.8, 4) is 5.97 Å². The summed E-state index contributed by atoms with van der Waals surface area (Å²) in [5.41, 5.74) is 0. The molecule has 0 unspecified atom stereocenters. The van der Waals surface area contributed by atoms with E-state index in [1.54, 1.807) is 0 Å². The molecule has 0 fully saturated rings. The number of hydrogen-bond donors (Lipinski definition) is 0. The summed E-state index contributed by atoms with van der Waals surface area (Å²) in [6.45, 7) is 5.83. The maximum absolute atomic E-state index is 8.18. The Hall–Kier alpha value is 0.555. The molecule has 0 aromatic carbocycles. The Morgan fingerprint density at radius 1 is 1.29 bits per heavy atom. The average molecular weight is 105 g/mol. The molecule has 0 aliphatic rings. The van der Waals surface area contributed by atoms with Crippen molar-refractivity contribution >= 4 is 6.15 Å². The fraction of sp³-hybridized carbons (Fsp3) is 0.750. The minimum atomic E-state index is -0.681. The van der Waals surface area contributed by atoms with Gasteiger partial charge in [0, 0.05) is 0 Å². The Labute approximate surface area is 67.3 Å². The molecule has 0 saturated carbocycles. The molecule has 3 heteroatoms. The molecule has 0 heterocycles. The molecule has 0 radical (unpaired) electrons. The number of nitrogens with zero attached hydrogens (tertiary/aromatic N) is 1. The van der Waals surface area contributed by atoms with Crippen molar-refractivity contribution in [2.24, 2.45) is 0 Å². The predicted octanol–water partition coefficient (Wildman–Crippen LogP) is -1.61. The summed E-state index contributed by atoms with van der Waals surface area (Å²) in [7, 11) is 0. The molecule has 34 valence electrons. The van der Waals surface area contributed by atoms with Crippen LogP contribution in [-0.2, 0) is 0 Å². The van der Waals surface area contributed by atoms with Gasteiger partial charge in [-0.25, -0.2) is 5.26 Å². The first kappa shape index (κ1) is 10.5. The first-order valence-electron chi connectivity index (χ1n) is 2.24. The van der Waals surface area contributed by atoms with Crippen LogP contribution in [0, 0.1) is 11.2 Å². The average Bonchev–Trinajstić information content (AvgIpc) is 1.35. The fourth-order valence-electron chi connectivity index (χ4n) is 0. The molecule has 0 aromatic rings. The molecule has 0 bridgehead atoms. The first-order valence-corrected chi connectivity index (χ1v) is 2.24. The van der Waals surface area contributed by atoms with E-state index in [2.05, 4.69) is 5.97 Å². The molecular weight excluding hydrogens is 95.9 g/mol. The van der Waals surface area contributed by atoms with E-state index < -0.39 is 6.15 Å². The normalized spacial score (nSPS) is 8.86. The van der Waals surface area contributed by atoms with Crippen molar-refractivity contribution in [1.29, 1.82) is 5.26 Å². The largest absolute Gasteiger partial charge is 1.00 e. The van der Waals surface area contributed by atoms with Crippen LogP contribution in [0.15, 0.2) is 0 Å². The standard InChI is InChI=1S/C4H9BN.Na/c1-5(2,3)4-6;/h1-3H3;/q-1;+1. The summed E-state index contributed by atoms with van der Waals surface area (Å²) in [4.78, 5) is 0. The maximum atomic E-state index is 8.18. The van der Waals surface area contributed by atoms with Gasteiger partial charge in [0.15, 0.2) is 0 Å². The number of rotatable bonds is 0. The Morgan fingerprint density at radius 3 is 1.43 bits per heavy atom. The minimum Gasteiger partial charge on any atom is -0.250 e. The Kier molecular flexibility index (Phi) is 5.33. The zero-order valence-electron chi connectivity index (χ0n) is 5.52. The van der Waals surface area contributed by atoms with Crippen molar-refractivity contribution < 1.29 is 29.6 Å². The van der Waals surface area contributed by atoms with Gasteiger partial charge in [-0.15, -0.1) is 0 Å². The van der Waals surface area contributed by atoms with Gasteiger partial charge < -0.3 is 0 Å². The molecule has 0 rings (SSSR count). The van der Waals surface area contributed by atoms with Crippen molar-refractivity contribution in [3.63, 3.8) is 0 Å². The smallest absolute Gasteiger partial charge is 0.250 e. The van der Waals surface area contributed by atoms with Crippen molar-refractivity contribution in [2.45, 2.75) is 20.5 Å². The van der Waals surface area contributed by atoms with Crippen LogP contribution in [0.4, 0.5) is 0 Å². The Morgan fingerprint density at radius 2 is 1.43 bits per heavy atom. The number of hydrogen-bond acceptors (Lipinski definition) is 1. The third-order valence-electron chi connectivity index (χ3n) is 0.387.